The van der Waals surface area contributed by atoms with Gasteiger partial charge in [0.25, 0.3) is 0 Å². The summed E-state index contributed by atoms with van der Waals surface area (Å²) in [4.78, 5) is 5.97. The molecule has 0 saturated carbocycles. The van der Waals surface area contributed by atoms with Crippen LogP contribution >= 0.6 is 0 Å². The summed E-state index contributed by atoms with van der Waals surface area (Å²) in [6.45, 7) is 3.87. The van der Waals surface area contributed by atoms with Crippen LogP contribution in [0.1, 0.15) is 35.7 Å². The van der Waals surface area contributed by atoms with Crippen molar-refractivity contribution in [1.29, 1.82) is 0 Å². The first-order valence-electron chi connectivity index (χ1n) is 8.39. The predicted octanol–water partition coefficient (Wildman–Crippen LogP) is 3.19. The summed E-state index contributed by atoms with van der Waals surface area (Å²) in [5.74, 6) is -0.0138. The van der Waals surface area contributed by atoms with Crippen LogP contribution in [0.4, 0.5) is 0 Å². The van der Waals surface area contributed by atoms with Gasteiger partial charge in [0.05, 0.1) is 28.6 Å². The van der Waals surface area contributed by atoms with E-state index in [1.165, 1.54) is 0 Å². The van der Waals surface area contributed by atoms with Crippen LogP contribution in [0.2, 0.25) is 0 Å². The predicted molar refractivity (Wildman–Crippen MR) is 93.6 cm³/mol. The molecular weight excluding hydrogens is 336 g/mol. The van der Waals surface area contributed by atoms with E-state index in [0.29, 0.717) is 4.90 Å². The van der Waals surface area contributed by atoms with E-state index >= 15 is 0 Å². The number of rotatable bonds is 2. The molecule has 0 N–H and O–H groups in total. The molecule has 0 amide bonds. The highest BCUT2D eigenvalue weighted by atomic mass is 32.2. The number of fused-ring (bicyclic) bond motifs is 8. The Morgan fingerprint density at radius 1 is 0.960 bits per heavy atom. The largest absolute Gasteiger partial charge is 0.390 e. The second-order valence-corrected chi connectivity index (χ2v) is 8.84. The summed E-state index contributed by atoms with van der Waals surface area (Å²) in [6, 6.07) is 14.4. The van der Waals surface area contributed by atoms with Crippen molar-refractivity contribution < 1.29 is 13.3 Å². The van der Waals surface area contributed by atoms with E-state index in [1.807, 2.05) is 50.2 Å². The number of oxime groups is 1. The Kier molecular flexibility index (Phi) is 2.98. The van der Waals surface area contributed by atoms with Crippen LogP contribution in [-0.2, 0) is 14.9 Å². The first-order valence-corrected chi connectivity index (χ1v) is 9.83. The van der Waals surface area contributed by atoms with Gasteiger partial charge in [0, 0.05) is 0 Å². The topological polar surface area (TPSA) is 59.0 Å². The second kappa shape index (κ2) is 4.93. The van der Waals surface area contributed by atoms with Crippen molar-refractivity contribution in [3.8, 4) is 0 Å². The average Bonchev–Trinajstić information content (AvgIpc) is 3.24. The molecular formula is C19H18N2O3S. The third kappa shape index (κ3) is 1.86. The number of nitrogens with zero attached hydrogens (tertiary/aromatic N) is 2. The van der Waals surface area contributed by atoms with Gasteiger partial charge < -0.3 is 4.84 Å². The van der Waals surface area contributed by atoms with E-state index in [0.717, 1.165) is 22.4 Å². The molecule has 3 aliphatic rings. The van der Waals surface area contributed by atoms with Crippen LogP contribution in [0.3, 0.4) is 0 Å². The molecule has 5 rings (SSSR count). The molecule has 0 spiro atoms. The fourth-order valence-electron chi connectivity index (χ4n) is 4.47. The van der Waals surface area contributed by atoms with Gasteiger partial charge in [-0.15, -0.1) is 0 Å². The monoisotopic (exact) mass is 354 g/mol. The van der Waals surface area contributed by atoms with Crippen LogP contribution < -0.4 is 0 Å². The molecule has 3 aliphatic heterocycles. The Balaban J connectivity index is 1.68. The highest BCUT2D eigenvalue weighted by Gasteiger charge is 2.64. The Hall–Kier alpha value is -2.18. The molecule has 4 unspecified atom stereocenters. The zero-order valence-corrected chi connectivity index (χ0v) is 14.8. The third-order valence-corrected chi connectivity index (χ3v) is 7.46. The molecule has 1 saturated heterocycles. The van der Waals surface area contributed by atoms with E-state index in [1.54, 1.807) is 16.4 Å². The Bertz CT molecular complexity index is 998. The van der Waals surface area contributed by atoms with E-state index in [-0.39, 0.29) is 24.1 Å². The lowest BCUT2D eigenvalue weighted by molar-refractivity contribution is 0.0496. The third-order valence-electron chi connectivity index (χ3n) is 5.58. The Morgan fingerprint density at radius 3 is 2.28 bits per heavy atom. The molecule has 128 valence electrons. The molecule has 3 heterocycles. The lowest BCUT2D eigenvalue weighted by Crippen LogP contribution is -2.30. The standard InChI is InChI=1S/C19H18N2O3S/c1-11-7-9-13(10-8-11)25(22,23)21-17-14-5-3-4-6-15(14)18(21)19-16(17)12(2)20-24-19/h3-10,16-19H,1-2H3. The number of hydrogen-bond acceptors (Lipinski definition) is 4. The van der Waals surface area contributed by atoms with E-state index in [4.69, 9.17) is 4.84 Å². The molecule has 1 fully saturated rings. The van der Waals surface area contributed by atoms with Crippen molar-refractivity contribution in [3.63, 3.8) is 0 Å². The molecule has 0 aromatic heterocycles. The van der Waals surface area contributed by atoms with Gasteiger partial charge >= 0.3 is 0 Å². The van der Waals surface area contributed by atoms with Gasteiger partial charge in [0.2, 0.25) is 10.0 Å². The number of sulfonamides is 1. The Labute approximate surface area is 147 Å². The van der Waals surface area contributed by atoms with Crippen LogP contribution in [0.25, 0.3) is 0 Å². The van der Waals surface area contributed by atoms with Gasteiger partial charge in [-0.25, -0.2) is 8.42 Å². The van der Waals surface area contributed by atoms with Gasteiger partial charge in [0.15, 0.2) is 6.10 Å². The number of benzene rings is 2. The maximum absolute atomic E-state index is 13.4. The van der Waals surface area contributed by atoms with Gasteiger partial charge in [-0.3, -0.25) is 0 Å². The quantitative estimate of drug-likeness (QED) is 0.832. The maximum Gasteiger partial charge on any atom is 0.244 e. The van der Waals surface area contributed by atoms with Crippen molar-refractivity contribution in [2.24, 2.45) is 11.1 Å². The molecule has 4 atom stereocenters. The first kappa shape index (κ1) is 15.1. The van der Waals surface area contributed by atoms with Crippen LogP contribution in [0.15, 0.2) is 58.6 Å². The SMILES string of the molecule is CC1=NOC2C1C1c3ccccc3C2N1S(=O)(=O)c1ccc(C)cc1. The normalized spacial score (nSPS) is 29.9. The molecule has 2 aromatic rings. The highest BCUT2D eigenvalue weighted by Crippen LogP contribution is 2.60. The number of aryl methyl sites for hydroxylation is 1. The molecule has 25 heavy (non-hydrogen) atoms. The van der Waals surface area contributed by atoms with Crippen molar-refractivity contribution in [2.75, 3.05) is 0 Å². The van der Waals surface area contributed by atoms with Crippen LogP contribution in [-0.4, -0.2) is 24.5 Å². The molecule has 0 radical (unpaired) electrons. The minimum Gasteiger partial charge on any atom is -0.390 e. The molecule has 5 nitrogen and oxygen atoms in total. The number of hydrogen-bond donors (Lipinski definition) is 0. The van der Waals surface area contributed by atoms with E-state index in [9.17, 15) is 8.42 Å². The Morgan fingerprint density at radius 2 is 1.60 bits per heavy atom. The summed E-state index contributed by atoms with van der Waals surface area (Å²) in [7, 11) is -3.63. The van der Waals surface area contributed by atoms with Crippen molar-refractivity contribution in [1.82, 2.24) is 4.31 Å². The van der Waals surface area contributed by atoms with Crippen molar-refractivity contribution >= 4 is 15.7 Å². The first-order chi connectivity index (χ1) is 12.0. The van der Waals surface area contributed by atoms with E-state index < -0.39 is 10.0 Å². The van der Waals surface area contributed by atoms with Gasteiger partial charge in [-0.2, -0.15) is 4.31 Å². The molecule has 6 heteroatoms. The summed E-state index contributed by atoms with van der Waals surface area (Å²) in [5.41, 5.74) is 4.02. The fraction of sp³-hybridized carbons (Fsp3) is 0.316. The molecule has 0 aliphatic carbocycles. The van der Waals surface area contributed by atoms with Gasteiger partial charge in [-0.05, 0) is 37.1 Å². The summed E-state index contributed by atoms with van der Waals surface area (Å²) >= 11 is 0. The maximum atomic E-state index is 13.4. The highest BCUT2D eigenvalue weighted by molar-refractivity contribution is 7.89. The summed E-state index contributed by atoms with van der Waals surface area (Å²) in [6.07, 6.45) is -0.236. The zero-order chi connectivity index (χ0) is 17.3. The minimum atomic E-state index is -3.63. The smallest absolute Gasteiger partial charge is 0.244 e. The van der Waals surface area contributed by atoms with Crippen molar-refractivity contribution in [3.05, 3.63) is 65.2 Å². The average molecular weight is 354 g/mol. The lowest BCUT2D eigenvalue weighted by Gasteiger charge is -2.23. The lowest BCUT2D eigenvalue weighted by atomic mass is 9.80. The van der Waals surface area contributed by atoms with Crippen LogP contribution in [0, 0.1) is 12.8 Å². The molecule has 2 aromatic carbocycles. The zero-order valence-electron chi connectivity index (χ0n) is 14.0. The minimum absolute atomic E-state index is 0.0138. The fourth-order valence-corrected chi connectivity index (χ4v) is 6.27. The summed E-state index contributed by atoms with van der Waals surface area (Å²) < 4.78 is 28.5. The van der Waals surface area contributed by atoms with Crippen molar-refractivity contribution in [2.45, 2.75) is 36.9 Å². The summed E-state index contributed by atoms with van der Waals surface area (Å²) in [5, 5.41) is 4.14. The van der Waals surface area contributed by atoms with Crippen LogP contribution in [0.5, 0.6) is 0 Å². The van der Waals surface area contributed by atoms with Gasteiger partial charge in [-0.1, -0.05) is 47.1 Å². The molecule has 2 bridgehead atoms. The van der Waals surface area contributed by atoms with Gasteiger partial charge in [0.1, 0.15) is 0 Å². The van der Waals surface area contributed by atoms with E-state index in [2.05, 4.69) is 5.16 Å². The second-order valence-electron chi connectivity index (χ2n) is 7.00.